The quantitative estimate of drug-likeness (QED) is 0.854. The number of urea groups is 1. The molecule has 1 aromatic heterocycles. The van der Waals surface area contributed by atoms with E-state index in [1.807, 2.05) is 24.3 Å². The molecule has 1 saturated carbocycles. The van der Waals surface area contributed by atoms with Crippen molar-refractivity contribution in [2.45, 2.75) is 18.4 Å². The number of nitrogens with one attached hydrogen (secondary N) is 2. The highest BCUT2D eigenvalue weighted by Gasteiger charge is 2.39. The Kier molecular flexibility index (Phi) is 3.99. The van der Waals surface area contributed by atoms with Crippen LogP contribution in [0.1, 0.15) is 23.5 Å². The molecule has 1 aromatic carbocycles. The van der Waals surface area contributed by atoms with Crippen LogP contribution in [0.3, 0.4) is 0 Å². The van der Waals surface area contributed by atoms with Crippen LogP contribution in [-0.4, -0.2) is 17.1 Å². The van der Waals surface area contributed by atoms with E-state index < -0.39 is 0 Å². The normalized spacial score (nSPS) is 19.1. The molecule has 2 amide bonds. The lowest BCUT2D eigenvalue weighted by atomic mass is 10.1. The van der Waals surface area contributed by atoms with Crippen molar-refractivity contribution in [2.75, 3.05) is 5.32 Å². The maximum atomic E-state index is 11.9. The third-order valence-corrected chi connectivity index (χ3v) is 3.78. The molecule has 0 aliphatic heterocycles. The summed E-state index contributed by atoms with van der Waals surface area (Å²) in [5, 5.41) is 6.14. The van der Waals surface area contributed by atoms with E-state index in [1.54, 1.807) is 12.1 Å². The summed E-state index contributed by atoms with van der Waals surface area (Å²) in [5.74, 6) is 3.41. The lowest BCUT2D eigenvalue weighted by Crippen LogP contribution is -2.31. The van der Waals surface area contributed by atoms with E-state index in [0.717, 1.165) is 17.5 Å². The molecule has 1 heterocycles. The zero-order valence-corrected chi connectivity index (χ0v) is 12.5. The number of halogens is 1. The number of rotatable bonds is 3. The number of aromatic nitrogens is 1. The Morgan fingerprint density at radius 3 is 2.95 bits per heavy atom. The Bertz CT molecular complexity index is 736. The standard InChI is InChI=1S/C17H14ClN3O/c1-2-11-4-3-5-12(8-11)14-9-15(14)20-17(22)21-16-7-6-13(18)10-19-16/h1,3-8,10,14-15H,9H2,(H2,19,20,21,22)/t14-,15-/m1/s1. The summed E-state index contributed by atoms with van der Waals surface area (Å²) in [6.07, 6.45) is 7.81. The first-order chi connectivity index (χ1) is 10.7. The van der Waals surface area contributed by atoms with Crippen molar-refractivity contribution in [3.05, 3.63) is 58.7 Å². The van der Waals surface area contributed by atoms with Crippen LogP contribution >= 0.6 is 11.6 Å². The molecule has 0 spiro atoms. The molecule has 2 N–H and O–H groups in total. The highest BCUT2D eigenvalue weighted by molar-refractivity contribution is 6.30. The number of amides is 2. The summed E-state index contributed by atoms with van der Waals surface area (Å²) >= 11 is 5.75. The minimum atomic E-state index is -0.268. The number of terminal acetylenes is 1. The van der Waals surface area contributed by atoms with E-state index in [9.17, 15) is 4.79 Å². The number of hydrogen-bond acceptors (Lipinski definition) is 2. The maximum Gasteiger partial charge on any atom is 0.320 e. The second-order valence-corrected chi connectivity index (χ2v) is 5.62. The van der Waals surface area contributed by atoms with E-state index in [1.165, 1.54) is 6.20 Å². The molecule has 22 heavy (non-hydrogen) atoms. The average Bonchev–Trinajstić information content (AvgIpc) is 3.29. The summed E-state index contributed by atoms with van der Waals surface area (Å²) in [7, 11) is 0. The van der Waals surface area contributed by atoms with Crippen LogP contribution in [0.15, 0.2) is 42.6 Å². The zero-order chi connectivity index (χ0) is 15.5. The predicted octanol–water partition coefficient (Wildman–Crippen LogP) is 3.39. The third-order valence-electron chi connectivity index (χ3n) is 3.56. The molecular formula is C17H14ClN3O. The molecule has 2 atom stereocenters. The average molecular weight is 312 g/mol. The van der Waals surface area contributed by atoms with Gasteiger partial charge in [-0.05, 0) is 36.2 Å². The topological polar surface area (TPSA) is 54.0 Å². The Labute approximate surface area is 133 Å². The van der Waals surface area contributed by atoms with Gasteiger partial charge in [0.15, 0.2) is 0 Å². The van der Waals surface area contributed by atoms with Crippen molar-refractivity contribution in [1.82, 2.24) is 10.3 Å². The number of carbonyl (C=O) groups is 1. The maximum absolute atomic E-state index is 11.9. The van der Waals surface area contributed by atoms with Crippen LogP contribution in [0.4, 0.5) is 10.6 Å². The van der Waals surface area contributed by atoms with Gasteiger partial charge in [0, 0.05) is 23.7 Å². The molecular weight excluding hydrogens is 298 g/mol. The molecule has 1 aliphatic carbocycles. The van der Waals surface area contributed by atoms with E-state index >= 15 is 0 Å². The fourth-order valence-electron chi connectivity index (χ4n) is 2.35. The van der Waals surface area contributed by atoms with Gasteiger partial charge in [0.2, 0.25) is 0 Å². The molecule has 3 rings (SSSR count). The van der Waals surface area contributed by atoms with Gasteiger partial charge in [0.05, 0.1) is 5.02 Å². The summed E-state index contributed by atoms with van der Waals surface area (Å²) in [6.45, 7) is 0. The lowest BCUT2D eigenvalue weighted by Gasteiger charge is -2.07. The third kappa shape index (κ3) is 3.38. The van der Waals surface area contributed by atoms with Gasteiger partial charge in [0.25, 0.3) is 0 Å². The molecule has 0 unspecified atom stereocenters. The van der Waals surface area contributed by atoms with Crippen LogP contribution in [-0.2, 0) is 0 Å². The second kappa shape index (κ2) is 6.08. The first-order valence-corrected chi connectivity index (χ1v) is 7.29. The summed E-state index contributed by atoms with van der Waals surface area (Å²) in [5.41, 5.74) is 2.02. The SMILES string of the molecule is C#Cc1cccc([C@H]2C[C@H]2NC(=O)Nc2ccc(Cl)cn2)c1. The van der Waals surface area contributed by atoms with Crippen molar-refractivity contribution in [3.8, 4) is 12.3 Å². The molecule has 1 fully saturated rings. The largest absolute Gasteiger partial charge is 0.334 e. The number of nitrogens with zero attached hydrogens (tertiary/aromatic N) is 1. The first-order valence-electron chi connectivity index (χ1n) is 6.91. The molecule has 0 bridgehead atoms. The minimum absolute atomic E-state index is 0.125. The Hall–Kier alpha value is -2.51. The van der Waals surface area contributed by atoms with E-state index in [-0.39, 0.29) is 12.1 Å². The van der Waals surface area contributed by atoms with Crippen molar-refractivity contribution in [2.24, 2.45) is 0 Å². The summed E-state index contributed by atoms with van der Waals surface area (Å²) < 4.78 is 0. The highest BCUT2D eigenvalue weighted by atomic mass is 35.5. The van der Waals surface area contributed by atoms with Gasteiger partial charge in [-0.2, -0.15) is 0 Å². The van der Waals surface area contributed by atoms with Gasteiger partial charge in [-0.3, -0.25) is 5.32 Å². The first kappa shape index (κ1) is 14.4. The van der Waals surface area contributed by atoms with Gasteiger partial charge in [-0.15, -0.1) is 6.42 Å². The number of benzene rings is 1. The molecule has 5 heteroatoms. The Balaban J connectivity index is 1.55. The van der Waals surface area contributed by atoms with Crippen LogP contribution in [0.2, 0.25) is 5.02 Å². The van der Waals surface area contributed by atoms with E-state index in [0.29, 0.717) is 16.8 Å². The zero-order valence-electron chi connectivity index (χ0n) is 11.7. The number of pyridine rings is 1. The van der Waals surface area contributed by atoms with E-state index in [4.69, 9.17) is 18.0 Å². The lowest BCUT2D eigenvalue weighted by molar-refractivity contribution is 0.251. The van der Waals surface area contributed by atoms with Crippen molar-refractivity contribution >= 4 is 23.4 Å². The summed E-state index contributed by atoms with van der Waals surface area (Å²) in [4.78, 5) is 15.9. The number of hydrogen-bond donors (Lipinski definition) is 2. The molecule has 2 aromatic rings. The van der Waals surface area contributed by atoms with Gasteiger partial charge < -0.3 is 5.32 Å². The predicted molar refractivity (Wildman–Crippen MR) is 86.9 cm³/mol. The van der Waals surface area contributed by atoms with Gasteiger partial charge >= 0.3 is 6.03 Å². The fraction of sp³-hybridized carbons (Fsp3) is 0.176. The van der Waals surface area contributed by atoms with Crippen LogP contribution in [0.5, 0.6) is 0 Å². The fourth-order valence-corrected chi connectivity index (χ4v) is 2.46. The molecule has 110 valence electrons. The highest BCUT2D eigenvalue weighted by Crippen LogP contribution is 2.40. The van der Waals surface area contributed by atoms with Crippen LogP contribution in [0, 0.1) is 12.3 Å². The Morgan fingerprint density at radius 2 is 2.23 bits per heavy atom. The van der Waals surface area contributed by atoms with Crippen LogP contribution < -0.4 is 10.6 Å². The number of anilines is 1. The van der Waals surface area contributed by atoms with Crippen LogP contribution in [0.25, 0.3) is 0 Å². The smallest absolute Gasteiger partial charge is 0.320 e. The second-order valence-electron chi connectivity index (χ2n) is 5.18. The van der Waals surface area contributed by atoms with Gasteiger partial charge in [-0.25, -0.2) is 9.78 Å². The molecule has 0 saturated heterocycles. The molecule has 0 radical (unpaired) electrons. The van der Waals surface area contributed by atoms with Gasteiger partial charge in [0.1, 0.15) is 5.82 Å². The van der Waals surface area contributed by atoms with E-state index in [2.05, 4.69) is 21.5 Å². The van der Waals surface area contributed by atoms with Gasteiger partial charge in [-0.1, -0.05) is 29.7 Å². The Morgan fingerprint density at radius 1 is 1.36 bits per heavy atom. The molecule has 1 aliphatic rings. The van der Waals surface area contributed by atoms with Crippen molar-refractivity contribution < 1.29 is 4.79 Å². The minimum Gasteiger partial charge on any atom is -0.334 e. The monoisotopic (exact) mass is 311 g/mol. The summed E-state index contributed by atoms with van der Waals surface area (Å²) in [6, 6.07) is 11.1. The molecule has 4 nitrogen and oxygen atoms in total. The number of carbonyl (C=O) groups excluding carboxylic acids is 1. The van der Waals surface area contributed by atoms with Crippen molar-refractivity contribution in [1.29, 1.82) is 0 Å². The van der Waals surface area contributed by atoms with Crippen molar-refractivity contribution in [3.63, 3.8) is 0 Å².